The van der Waals surface area contributed by atoms with Crippen molar-refractivity contribution in [1.82, 2.24) is 15.3 Å². The number of fused-ring (bicyclic) bond motifs is 1. The fourth-order valence-electron chi connectivity index (χ4n) is 3.73. The number of benzene rings is 2. The molecule has 0 aliphatic heterocycles. The third-order valence-corrected chi connectivity index (χ3v) is 6.26. The topological polar surface area (TPSA) is 105 Å². The number of nitrogens with zero attached hydrogens (tertiary/aromatic N) is 2. The van der Waals surface area contributed by atoms with Crippen LogP contribution in [0.5, 0.6) is 5.75 Å². The number of nitrogens with one attached hydrogen (secondary N) is 3. The standard InChI is InChI=1S/C24H28FN5O3S/c1-14-10-18(30-34(3,4)32)12-20-22(14)23(27-13-26-20)29-19-9-8-16(25)11-21(19)33-15(2)24(31)28-17-6-5-7-17/h8-13,15,17H,3,5-7H2,1-2,4H3,(H,28,31)(H,30,32)(H,26,27,29)/t15-,34?/m1/s1. The maximum atomic E-state index is 14.0. The molecule has 180 valence electrons. The number of rotatable bonds is 8. The van der Waals surface area contributed by atoms with Crippen LogP contribution >= 0.6 is 0 Å². The monoisotopic (exact) mass is 485 g/mol. The van der Waals surface area contributed by atoms with Crippen molar-refractivity contribution in [1.29, 1.82) is 0 Å². The Morgan fingerprint density at radius 1 is 1.26 bits per heavy atom. The number of amides is 1. The number of hydrogen-bond donors (Lipinski definition) is 3. The minimum Gasteiger partial charge on any atom is -0.479 e. The molecule has 4 rings (SSSR count). The minimum atomic E-state index is -2.45. The normalized spacial score (nSPS) is 16.2. The second-order valence-electron chi connectivity index (χ2n) is 8.68. The predicted octanol–water partition coefficient (Wildman–Crippen LogP) is 3.93. The van der Waals surface area contributed by atoms with Gasteiger partial charge in [-0.1, -0.05) is 0 Å². The van der Waals surface area contributed by atoms with Crippen molar-refractivity contribution in [2.24, 2.45) is 0 Å². The lowest BCUT2D eigenvalue weighted by molar-refractivity contribution is -0.128. The SMILES string of the molecule is C=S(C)(=O)Nc1cc(C)c2c(Nc3ccc(F)cc3O[C@H](C)C(=O)NC3CCC3)ncnc2c1. The van der Waals surface area contributed by atoms with Crippen LogP contribution in [0.25, 0.3) is 10.9 Å². The van der Waals surface area contributed by atoms with E-state index in [2.05, 4.69) is 31.2 Å². The third kappa shape index (κ3) is 5.56. The van der Waals surface area contributed by atoms with Crippen molar-refractivity contribution in [2.75, 3.05) is 16.3 Å². The molecule has 0 saturated heterocycles. The number of hydrogen-bond acceptors (Lipinski definition) is 6. The molecule has 10 heteroatoms. The molecule has 0 spiro atoms. The maximum absolute atomic E-state index is 14.0. The Balaban J connectivity index is 1.62. The van der Waals surface area contributed by atoms with Crippen molar-refractivity contribution in [3.63, 3.8) is 0 Å². The lowest BCUT2D eigenvalue weighted by Crippen LogP contribution is -2.45. The van der Waals surface area contributed by atoms with Crippen molar-refractivity contribution in [3.05, 3.63) is 48.0 Å². The number of aryl methyl sites for hydroxylation is 1. The molecule has 1 aliphatic rings. The molecule has 1 amide bonds. The molecule has 1 heterocycles. The van der Waals surface area contributed by atoms with Gasteiger partial charge in [-0.3, -0.25) is 4.79 Å². The first-order chi connectivity index (χ1) is 16.1. The molecule has 0 bridgehead atoms. The first-order valence-electron chi connectivity index (χ1n) is 11.0. The van der Waals surface area contributed by atoms with Gasteiger partial charge in [0, 0.05) is 39.1 Å². The van der Waals surface area contributed by atoms with Crippen molar-refractivity contribution >= 4 is 49.6 Å². The van der Waals surface area contributed by atoms with Crippen LogP contribution in [0.3, 0.4) is 0 Å². The van der Waals surface area contributed by atoms with Gasteiger partial charge in [0.15, 0.2) is 6.10 Å². The molecule has 2 atom stereocenters. The highest BCUT2D eigenvalue weighted by molar-refractivity contribution is 8.00. The summed E-state index contributed by atoms with van der Waals surface area (Å²) in [4.78, 5) is 21.2. The molecule has 1 aromatic heterocycles. The molecule has 3 N–H and O–H groups in total. The largest absolute Gasteiger partial charge is 0.479 e. The molecule has 1 aliphatic carbocycles. The van der Waals surface area contributed by atoms with Gasteiger partial charge in [-0.15, -0.1) is 0 Å². The summed E-state index contributed by atoms with van der Waals surface area (Å²) in [7, 11) is -2.45. The number of ether oxygens (including phenoxy) is 1. The average Bonchev–Trinajstić information content (AvgIpc) is 2.71. The van der Waals surface area contributed by atoms with Gasteiger partial charge < -0.3 is 20.1 Å². The van der Waals surface area contributed by atoms with Crippen molar-refractivity contribution < 1.29 is 18.1 Å². The fourth-order valence-corrected chi connectivity index (χ4v) is 4.35. The quantitative estimate of drug-likeness (QED) is 0.418. The van der Waals surface area contributed by atoms with E-state index in [0.29, 0.717) is 22.7 Å². The highest BCUT2D eigenvalue weighted by atomic mass is 32.2. The van der Waals surface area contributed by atoms with E-state index in [1.807, 2.05) is 13.0 Å². The predicted molar refractivity (Wildman–Crippen MR) is 135 cm³/mol. The van der Waals surface area contributed by atoms with Gasteiger partial charge in [0.25, 0.3) is 5.91 Å². The molecule has 1 saturated carbocycles. The van der Waals surface area contributed by atoms with E-state index in [0.717, 1.165) is 30.2 Å². The summed E-state index contributed by atoms with van der Waals surface area (Å²) >= 11 is 0. The highest BCUT2D eigenvalue weighted by Crippen LogP contribution is 2.33. The van der Waals surface area contributed by atoms with Crippen LogP contribution in [0.2, 0.25) is 0 Å². The summed E-state index contributed by atoms with van der Waals surface area (Å²) in [6, 6.07) is 7.86. The lowest BCUT2D eigenvalue weighted by Gasteiger charge is -2.28. The highest BCUT2D eigenvalue weighted by Gasteiger charge is 2.24. The van der Waals surface area contributed by atoms with Crippen LogP contribution in [0, 0.1) is 12.7 Å². The van der Waals surface area contributed by atoms with Crippen LogP contribution < -0.4 is 20.1 Å². The van der Waals surface area contributed by atoms with Gasteiger partial charge in [-0.25, -0.2) is 18.6 Å². The fraction of sp³-hybridized carbons (Fsp3) is 0.333. The Bertz CT molecular complexity index is 1340. The zero-order chi connectivity index (χ0) is 24.5. The smallest absolute Gasteiger partial charge is 0.260 e. The molecular formula is C24H28FN5O3S. The van der Waals surface area contributed by atoms with E-state index in [1.165, 1.54) is 30.8 Å². The molecule has 34 heavy (non-hydrogen) atoms. The molecule has 1 unspecified atom stereocenters. The zero-order valence-electron chi connectivity index (χ0n) is 19.4. The molecule has 8 nitrogen and oxygen atoms in total. The van der Waals surface area contributed by atoms with Gasteiger partial charge in [0.2, 0.25) is 0 Å². The maximum Gasteiger partial charge on any atom is 0.260 e. The summed E-state index contributed by atoms with van der Waals surface area (Å²) in [6.45, 7) is 3.52. The van der Waals surface area contributed by atoms with Crippen LogP contribution in [0.4, 0.5) is 21.6 Å². The van der Waals surface area contributed by atoms with Crippen LogP contribution in [-0.2, 0) is 14.5 Å². The number of aromatic nitrogens is 2. The summed E-state index contributed by atoms with van der Waals surface area (Å²) < 4.78 is 34.8. The van der Waals surface area contributed by atoms with E-state index in [-0.39, 0.29) is 17.7 Å². The number of halogens is 1. The van der Waals surface area contributed by atoms with Gasteiger partial charge in [0.1, 0.15) is 23.7 Å². The Morgan fingerprint density at radius 2 is 2.03 bits per heavy atom. The van der Waals surface area contributed by atoms with E-state index in [4.69, 9.17) is 4.74 Å². The Morgan fingerprint density at radius 3 is 2.71 bits per heavy atom. The third-order valence-electron chi connectivity index (χ3n) is 5.59. The minimum absolute atomic E-state index is 0.183. The lowest BCUT2D eigenvalue weighted by atomic mass is 9.93. The summed E-state index contributed by atoms with van der Waals surface area (Å²) in [5.41, 5.74) is 2.56. The van der Waals surface area contributed by atoms with Crippen molar-refractivity contribution in [3.8, 4) is 5.75 Å². The van der Waals surface area contributed by atoms with Crippen LogP contribution in [-0.4, -0.2) is 44.4 Å². The summed E-state index contributed by atoms with van der Waals surface area (Å²) in [6.07, 6.45) is 5.16. The van der Waals surface area contributed by atoms with E-state index < -0.39 is 21.6 Å². The average molecular weight is 486 g/mol. The Hall–Kier alpha value is -3.40. The Kier molecular flexibility index (Phi) is 6.60. The Labute approximate surface area is 198 Å². The summed E-state index contributed by atoms with van der Waals surface area (Å²) in [5.74, 6) is 3.59. The number of anilines is 3. The first kappa shape index (κ1) is 23.7. The molecule has 3 aromatic rings. The van der Waals surface area contributed by atoms with Crippen LogP contribution in [0.15, 0.2) is 36.7 Å². The van der Waals surface area contributed by atoms with E-state index >= 15 is 0 Å². The van der Waals surface area contributed by atoms with E-state index in [1.54, 1.807) is 13.0 Å². The molecule has 2 aromatic carbocycles. The second-order valence-corrected chi connectivity index (χ2v) is 10.9. The molecular weight excluding hydrogens is 457 g/mol. The second kappa shape index (κ2) is 9.46. The van der Waals surface area contributed by atoms with Crippen molar-refractivity contribution in [2.45, 2.75) is 45.3 Å². The van der Waals surface area contributed by atoms with Gasteiger partial charge in [-0.05, 0) is 68.8 Å². The van der Waals surface area contributed by atoms with Gasteiger partial charge >= 0.3 is 0 Å². The number of carbonyl (C=O) groups is 1. The zero-order valence-corrected chi connectivity index (χ0v) is 20.2. The summed E-state index contributed by atoms with van der Waals surface area (Å²) in [5, 5.41) is 6.88. The molecule has 1 fully saturated rings. The molecule has 0 radical (unpaired) electrons. The number of carbonyl (C=O) groups excluding carboxylic acids is 1. The van der Waals surface area contributed by atoms with Gasteiger partial charge in [0.05, 0.1) is 11.2 Å². The first-order valence-corrected chi connectivity index (χ1v) is 13.1. The van der Waals surface area contributed by atoms with Gasteiger partial charge in [-0.2, -0.15) is 0 Å². The van der Waals surface area contributed by atoms with E-state index in [9.17, 15) is 13.4 Å². The van der Waals surface area contributed by atoms with Crippen LogP contribution in [0.1, 0.15) is 31.7 Å².